The normalized spacial score (nSPS) is 15.9. The molecule has 1 aliphatic heterocycles. The lowest BCUT2D eigenvalue weighted by atomic mass is 9.35. The summed E-state index contributed by atoms with van der Waals surface area (Å²) in [5.41, 5.74) is -0.0186. The molecule has 0 atom stereocenters. The van der Waals surface area contributed by atoms with E-state index in [2.05, 4.69) is 62.8 Å². The minimum atomic E-state index is -0.00930. The SMILES string of the molecule is C=CCB1N(C(C)(CC=C)CC=C)B(CC=C)N1C(C)(CC=C)CC=C. The second-order valence-corrected chi connectivity index (χ2v) is 7.79. The van der Waals surface area contributed by atoms with Gasteiger partial charge in [-0.15, -0.1) is 39.5 Å². The van der Waals surface area contributed by atoms with Crippen LogP contribution in [0.2, 0.25) is 12.6 Å². The summed E-state index contributed by atoms with van der Waals surface area (Å²) in [6.45, 7) is 29.2. The molecule has 1 saturated heterocycles. The van der Waals surface area contributed by atoms with Crippen molar-refractivity contribution in [2.75, 3.05) is 0 Å². The predicted molar refractivity (Wildman–Crippen MR) is 121 cm³/mol. The molecule has 0 amide bonds. The molecule has 26 heavy (non-hydrogen) atoms. The van der Waals surface area contributed by atoms with E-state index in [1.54, 1.807) is 0 Å². The smallest absolute Gasteiger partial charge is 0.295 e. The summed E-state index contributed by atoms with van der Waals surface area (Å²) in [5.74, 6) is 0. The standard InChI is InChI=1S/C22H36B2N2/c1-9-15-21(7,16-10-2)25-23(19-13-5)26(24(25)20-14-6)22(8,17-11-3)18-12-4/h9-14H,1-6,15-20H2,7-8H3. The van der Waals surface area contributed by atoms with Crippen LogP contribution in [0.5, 0.6) is 0 Å². The van der Waals surface area contributed by atoms with E-state index < -0.39 is 0 Å². The van der Waals surface area contributed by atoms with Crippen LogP contribution in [-0.2, 0) is 0 Å². The van der Waals surface area contributed by atoms with Gasteiger partial charge in [-0.25, -0.2) is 0 Å². The summed E-state index contributed by atoms with van der Waals surface area (Å²) < 4.78 is 5.26. The molecule has 0 saturated carbocycles. The summed E-state index contributed by atoms with van der Waals surface area (Å²) in [6, 6.07) is 0. The third kappa shape index (κ3) is 4.42. The Morgan fingerprint density at radius 2 is 0.846 bits per heavy atom. The zero-order valence-electron chi connectivity index (χ0n) is 17.0. The first-order chi connectivity index (χ1) is 12.4. The van der Waals surface area contributed by atoms with Crippen LogP contribution in [0.3, 0.4) is 0 Å². The molecule has 1 heterocycles. The van der Waals surface area contributed by atoms with Gasteiger partial charge in [-0.1, -0.05) is 36.5 Å². The number of allylic oxidation sites excluding steroid dienone is 2. The summed E-state index contributed by atoms with van der Waals surface area (Å²) >= 11 is 0. The van der Waals surface area contributed by atoms with Gasteiger partial charge in [-0.2, -0.15) is 0 Å². The van der Waals surface area contributed by atoms with Crippen molar-refractivity contribution in [1.82, 2.24) is 9.44 Å². The second-order valence-electron chi connectivity index (χ2n) is 7.79. The van der Waals surface area contributed by atoms with Crippen molar-refractivity contribution in [1.29, 1.82) is 0 Å². The monoisotopic (exact) mass is 350 g/mol. The van der Waals surface area contributed by atoms with Crippen molar-refractivity contribution in [2.45, 2.75) is 63.2 Å². The maximum absolute atomic E-state index is 4.02. The summed E-state index contributed by atoms with van der Waals surface area (Å²) in [7, 11) is 0. The third-order valence-corrected chi connectivity index (χ3v) is 5.62. The molecule has 140 valence electrons. The van der Waals surface area contributed by atoms with Crippen molar-refractivity contribution in [3.63, 3.8) is 0 Å². The number of nitrogens with zero attached hydrogens (tertiary/aromatic N) is 2. The zero-order chi connectivity index (χ0) is 19.8. The summed E-state index contributed by atoms with van der Waals surface area (Å²) in [6.07, 6.45) is 17.7. The molecule has 0 N–H and O–H groups in total. The number of hydrogen-bond acceptors (Lipinski definition) is 2. The lowest BCUT2D eigenvalue weighted by Crippen LogP contribution is -2.85. The van der Waals surface area contributed by atoms with Crippen LogP contribution in [0.1, 0.15) is 39.5 Å². The van der Waals surface area contributed by atoms with Gasteiger partial charge < -0.3 is 9.44 Å². The second kappa shape index (κ2) is 9.99. The van der Waals surface area contributed by atoms with E-state index in [4.69, 9.17) is 0 Å². The predicted octanol–water partition coefficient (Wildman–Crippen LogP) is 5.77. The van der Waals surface area contributed by atoms with Gasteiger partial charge in [0.1, 0.15) is 0 Å². The van der Waals surface area contributed by atoms with Gasteiger partial charge in [0, 0.05) is 11.1 Å². The van der Waals surface area contributed by atoms with Crippen molar-refractivity contribution in [2.24, 2.45) is 0 Å². The van der Waals surface area contributed by atoms with Crippen LogP contribution in [0.4, 0.5) is 0 Å². The topological polar surface area (TPSA) is 6.48 Å². The molecule has 0 aliphatic carbocycles. The Hall–Kier alpha value is -1.51. The molecule has 1 aliphatic rings. The van der Waals surface area contributed by atoms with Crippen molar-refractivity contribution >= 4 is 14.0 Å². The Morgan fingerprint density at radius 3 is 1.04 bits per heavy atom. The molecule has 0 spiro atoms. The Kier molecular flexibility index (Phi) is 8.66. The Balaban J connectivity index is 3.38. The van der Waals surface area contributed by atoms with Crippen molar-refractivity contribution in [3.8, 4) is 0 Å². The molecule has 1 rings (SSSR count). The van der Waals surface area contributed by atoms with Crippen molar-refractivity contribution in [3.05, 3.63) is 75.9 Å². The fourth-order valence-corrected chi connectivity index (χ4v) is 4.62. The van der Waals surface area contributed by atoms with E-state index in [0.717, 1.165) is 38.3 Å². The average molecular weight is 350 g/mol. The highest BCUT2D eigenvalue weighted by molar-refractivity contribution is 6.86. The molecule has 1 fully saturated rings. The quantitative estimate of drug-likeness (QED) is 0.290. The lowest BCUT2D eigenvalue weighted by Gasteiger charge is -2.66. The van der Waals surface area contributed by atoms with Gasteiger partial charge >= 0.3 is 0 Å². The molecule has 0 bridgehead atoms. The maximum Gasteiger partial charge on any atom is 0.295 e. The molecule has 0 radical (unpaired) electrons. The maximum atomic E-state index is 4.02. The Labute approximate surface area is 163 Å². The van der Waals surface area contributed by atoms with Gasteiger partial charge in [0.05, 0.1) is 0 Å². The van der Waals surface area contributed by atoms with E-state index in [9.17, 15) is 0 Å². The van der Waals surface area contributed by atoms with Crippen LogP contribution in [-0.4, -0.2) is 34.5 Å². The molecule has 0 aromatic rings. The van der Waals surface area contributed by atoms with E-state index in [-0.39, 0.29) is 11.1 Å². The largest absolute Gasteiger partial charge is 0.351 e. The third-order valence-electron chi connectivity index (χ3n) is 5.62. The average Bonchev–Trinajstić information content (AvgIpc) is 2.54. The molecule has 0 aromatic carbocycles. The van der Waals surface area contributed by atoms with Crippen LogP contribution >= 0.6 is 0 Å². The molecule has 4 heteroatoms. The highest BCUT2D eigenvalue weighted by Crippen LogP contribution is 2.43. The van der Waals surface area contributed by atoms with E-state index in [1.807, 2.05) is 36.5 Å². The molecular formula is C22H36B2N2. The highest BCUT2D eigenvalue weighted by atomic mass is 15.4. The van der Waals surface area contributed by atoms with Gasteiger partial charge in [-0.05, 0) is 52.2 Å². The van der Waals surface area contributed by atoms with Crippen LogP contribution < -0.4 is 0 Å². The first-order valence-electron chi connectivity index (χ1n) is 9.61. The zero-order valence-corrected chi connectivity index (χ0v) is 17.0. The van der Waals surface area contributed by atoms with Crippen LogP contribution in [0, 0.1) is 0 Å². The minimum absolute atomic E-state index is 0.00930. The van der Waals surface area contributed by atoms with Crippen LogP contribution in [0.25, 0.3) is 0 Å². The van der Waals surface area contributed by atoms with E-state index in [1.165, 1.54) is 0 Å². The highest BCUT2D eigenvalue weighted by Gasteiger charge is 2.60. The number of rotatable bonds is 14. The van der Waals surface area contributed by atoms with Crippen LogP contribution in [0.15, 0.2) is 75.9 Å². The van der Waals surface area contributed by atoms with Crippen molar-refractivity contribution < 1.29 is 0 Å². The van der Waals surface area contributed by atoms with Gasteiger partial charge in [0.25, 0.3) is 14.0 Å². The lowest BCUT2D eigenvalue weighted by molar-refractivity contribution is 0.178. The molecule has 0 aromatic heterocycles. The van der Waals surface area contributed by atoms with Gasteiger partial charge in [0.15, 0.2) is 0 Å². The fourth-order valence-electron chi connectivity index (χ4n) is 4.62. The van der Waals surface area contributed by atoms with E-state index in [0.29, 0.717) is 14.0 Å². The summed E-state index contributed by atoms with van der Waals surface area (Å²) in [4.78, 5) is 0. The summed E-state index contributed by atoms with van der Waals surface area (Å²) in [5, 5.41) is 0. The molecule has 2 nitrogen and oxygen atoms in total. The Bertz CT molecular complexity index is 464. The van der Waals surface area contributed by atoms with E-state index >= 15 is 0 Å². The van der Waals surface area contributed by atoms with Gasteiger partial charge in [0.2, 0.25) is 0 Å². The minimum Gasteiger partial charge on any atom is -0.351 e. The Morgan fingerprint density at radius 1 is 0.577 bits per heavy atom. The first kappa shape index (κ1) is 22.5. The first-order valence-corrected chi connectivity index (χ1v) is 9.61. The van der Waals surface area contributed by atoms with Gasteiger partial charge in [-0.3, -0.25) is 0 Å². The molecular weight excluding hydrogens is 314 g/mol. The molecule has 0 unspecified atom stereocenters. The fraction of sp³-hybridized carbons (Fsp3) is 0.455. The number of hydrogen-bond donors (Lipinski definition) is 0.